The van der Waals surface area contributed by atoms with E-state index >= 15 is 0 Å². The maximum Gasteiger partial charge on any atom is 0.422 e. The molecule has 7 heteroatoms. The number of carboxylic acid groups (broad SMARTS) is 1. The fraction of sp³-hybridized carbons (Fsp3) is 0.200. The molecule has 1 aromatic rings. The van der Waals surface area contributed by atoms with Crippen molar-refractivity contribution in [3.63, 3.8) is 0 Å². The second-order valence-electron chi connectivity index (χ2n) is 3.04. The smallest absolute Gasteiger partial charge is 0.422 e. The predicted molar refractivity (Wildman–Crippen MR) is 49.7 cm³/mol. The van der Waals surface area contributed by atoms with Gasteiger partial charge in [-0.15, -0.1) is 0 Å². The number of esters is 1. The fourth-order valence-electron chi connectivity index (χ4n) is 1.07. The summed E-state index contributed by atoms with van der Waals surface area (Å²) in [6.45, 7) is -1.75. The van der Waals surface area contributed by atoms with Crippen LogP contribution in [0, 0.1) is 0 Å². The zero-order valence-corrected chi connectivity index (χ0v) is 8.32. The fourth-order valence-corrected chi connectivity index (χ4v) is 1.07. The minimum Gasteiger partial charge on any atom is -0.478 e. The number of ether oxygens (including phenoxy) is 1. The van der Waals surface area contributed by atoms with Crippen molar-refractivity contribution >= 4 is 11.9 Å². The molecule has 1 rings (SSSR count). The number of aromatic carboxylic acids is 1. The van der Waals surface area contributed by atoms with Crippen molar-refractivity contribution in [2.45, 2.75) is 6.18 Å². The van der Waals surface area contributed by atoms with Crippen LogP contribution in [0.5, 0.6) is 0 Å². The molecule has 0 unspecified atom stereocenters. The molecule has 0 radical (unpaired) electrons. The highest BCUT2D eigenvalue weighted by Gasteiger charge is 2.30. The zero-order chi connectivity index (χ0) is 13.1. The highest BCUT2D eigenvalue weighted by Crippen LogP contribution is 2.17. The topological polar surface area (TPSA) is 63.6 Å². The number of alkyl halides is 3. The maximum absolute atomic E-state index is 11.8. The van der Waals surface area contributed by atoms with Crippen molar-refractivity contribution in [3.05, 3.63) is 35.4 Å². The Morgan fingerprint density at radius 2 is 1.71 bits per heavy atom. The molecule has 0 aliphatic carbocycles. The summed E-state index contributed by atoms with van der Waals surface area (Å²) in [5.74, 6) is -2.73. The van der Waals surface area contributed by atoms with E-state index in [4.69, 9.17) is 5.11 Å². The standard InChI is InChI=1S/C10H7F3O4/c11-10(12,13)5-17-9(16)7-4-2-1-3-6(7)8(14)15/h1-4H,5H2,(H,14,15). The number of carbonyl (C=O) groups excluding carboxylic acids is 1. The van der Waals surface area contributed by atoms with Gasteiger partial charge in [0.15, 0.2) is 6.61 Å². The van der Waals surface area contributed by atoms with Crippen molar-refractivity contribution < 1.29 is 32.6 Å². The van der Waals surface area contributed by atoms with E-state index in [-0.39, 0.29) is 0 Å². The molecule has 0 saturated carbocycles. The van der Waals surface area contributed by atoms with E-state index in [2.05, 4.69) is 4.74 Å². The maximum atomic E-state index is 11.8. The lowest BCUT2D eigenvalue weighted by molar-refractivity contribution is -0.161. The first-order valence-electron chi connectivity index (χ1n) is 4.37. The van der Waals surface area contributed by atoms with Crippen LogP contribution in [0.1, 0.15) is 20.7 Å². The van der Waals surface area contributed by atoms with E-state index in [1.54, 1.807) is 0 Å². The average molecular weight is 248 g/mol. The van der Waals surface area contributed by atoms with Crippen LogP contribution < -0.4 is 0 Å². The van der Waals surface area contributed by atoms with Gasteiger partial charge in [0.05, 0.1) is 11.1 Å². The molecule has 0 atom stereocenters. The number of hydrogen-bond donors (Lipinski definition) is 1. The molecule has 0 bridgehead atoms. The number of hydrogen-bond acceptors (Lipinski definition) is 3. The lowest BCUT2D eigenvalue weighted by atomic mass is 10.1. The number of benzene rings is 1. The molecular weight excluding hydrogens is 241 g/mol. The summed E-state index contributed by atoms with van der Waals surface area (Å²) in [5, 5.41) is 8.71. The number of rotatable bonds is 3. The highest BCUT2D eigenvalue weighted by atomic mass is 19.4. The Balaban J connectivity index is 2.86. The molecule has 0 aliphatic rings. The van der Waals surface area contributed by atoms with Crippen molar-refractivity contribution in [2.75, 3.05) is 6.61 Å². The summed E-state index contributed by atoms with van der Waals surface area (Å²) < 4.78 is 39.3. The van der Waals surface area contributed by atoms with Crippen molar-refractivity contribution in [1.82, 2.24) is 0 Å². The molecule has 0 aliphatic heterocycles. The van der Waals surface area contributed by atoms with Gasteiger partial charge >= 0.3 is 18.1 Å². The summed E-state index contributed by atoms with van der Waals surface area (Å²) in [6, 6.07) is 4.87. The monoisotopic (exact) mass is 248 g/mol. The molecule has 0 spiro atoms. The Bertz CT molecular complexity index is 439. The summed E-state index contributed by atoms with van der Waals surface area (Å²) in [5.41, 5.74) is -0.816. The Morgan fingerprint density at radius 1 is 1.18 bits per heavy atom. The zero-order valence-electron chi connectivity index (χ0n) is 8.32. The van der Waals surface area contributed by atoms with Gasteiger partial charge in [0.2, 0.25) is 0 Å². The Kier molecular flexibility index (Phi) is 3.72. The van der Waals surface area contributed by atoms with Crippen LogP contribution in [0.4, 0.5) is 13.2 Å². The van der Waals surface area contributed by atoms with Crippen molar-refractivity contribution in [3.8, 4) is 0 Å². The van der Waals surface area contributed by atoms with Gasteiger partial charge < -0.3 is 9.84 Å². The van der Waals surface area contributed by atoms with Crippen LogP contribution in [0.25, 0.3) is 0 Å². The van der Waals surface area contributed by atoms with Crippen molar-refractivity contribution in [1.29, 1.82) is 0 Å². The third kappa shape index (κ3) is 3.78. The minimum atomic E-state index is -4.65. The quantitative estimate of drug-likeness (QED) is 0.832. The minimum absolute atomic E-state index is 0.403. The van der Waals surface area contributed by atoms with Crippen LogP contribution in [0.2, 0.25) is 0 Å². The van der Waals surface area contributed by atoms with E-state index in [1.807, 2.05) is 0 Å². The van der Waals surface area contributed by atoms with Gasteiger partial charge in [-0.3, -0.25) is 0 Å². The van der Waals surface area contributed by atoms with Crippen LogP contribution in [-0.2, 0) is 4.74 Å². The molecule has 4 nitrogen and oxygen atoms in total. The third-order valence-corrected chi connectivity index (χ3v) is 1.74. The first-order chi connectivity index (χ1) is 7.81. The van der Waals surface area contributed by atoms with E-state index in [9.17, 15) is 22.8 Å². The molecule has 0 aromatic heterocycles. The van der Waals surface area contributed by atoms with Gasteiger partial charge in [-0.05, 0) is 12.1 Å². The number of halogens is 3. The molecule has 0 heterocycles. The van der Waals surface area contributed by atoms with Crippen LogP contribution in [0.15, 0.2) is 24.3 Å². The molecule has 17 heavy (non-hydrogen) atoms. The van der Waals surface area contributed by atoms with Gasteiger partial charge in [-0.25, -0.2) is 9.59 Å². The average Bonchev–Trinajstić information content (AvgIpc) is 2.25. The first kappa shape index (κ1) is 13.0. The lowest BCUT2D eigenvalue weighted by Gasteiger charge is -2.09. The van der Waals surface area contributed by atoms with Gasteiger partial charge in [-0.2, -0.15) is 13.2 Å². The predicted octanol–water partition coefficient (Wildman–Crippen LogP) is 2.10. The van der Waals surface area contributed by atoms with Gasteiger partial charge in [0.25, 0.3) is 0 Å². The Labute approximate surface area is 93.6 Å². The van der Waals surface area contributed by atoms with Crippen LogP contribution >= 0.6 is 0 Å². The summed E-state index contributed by atoms with van der Waals surface area (Å²) >= 11 is 0. The second kappa shape index (κ2) is 4.86. The summed E-state index contributed by atoms with van der Waals surface area (Å²) in [4.78, 5) is 21.9. The molecular formula is C10H7F3O4. The lowest BCUT2D eigenvalue weighted by Crippen LogP contribution is -2.21. The molecule has 1 N–H and O–H groups in total. The third-order valence-electron chi connectivity index (χ3n) is 1.74. The number of carbonyl (C=O) groups is 2. The first-order valence-corrected chi connectivity index (χ1v) is 4.37. The van der Waals surface area contributed by atoms with Gasteiger partial charge in [-0.1, -0.05) is 12.1 Å². The van der Waals surface area contributed by atoms with E-state index < -0.39 is 35.8 Å². The molecule has 0 fully saturated rings. The Hall–Kier alpha value is -2.05. The van der Waals surface area contributed by atoms with E-state index in [0.717, 1.165) is 12.1 Å². The molecule has 1 aromatic carbocycles. The SMILES string of the molecule is O=C(O)c1ccccc1C(=O)OCC(F)(F)F. The normalized spacial score (nSPS) is 11.0. The van der Waals surface area contributed by atoms with Gasteiger partial charge in [0.1, 0.15) is 0 Å². The molecule has 0 amide bonds. The van der Waals surface area contributed by atoms with E-state index in [0.29, 0.717) is 0 Å². The van der Waals surface area contributed by atoms with Gasteiger partial charge in [0, 0.05) is 0 Å². The second-order valence-corrected chi connectivity index (χ2v) is 3.04. The summed E-state index contributed by atoms with van der Waals surface area (Å²) in [7, 11) is 0. The molecule has 92 valence electrons. The summed E-state index contributed by atoms with van der Waals surface area (Å²) in [6.07, 6.45) is -4.65. The largest absolute Gasteiger partial charge is 0.478 e. The Morgan fingerprint density at radius 3 is 2.18 bits per heavy atom. The van der Waals surface area contributed by atoms with Crippen molar-refractivity contribution in [2.24, 2.45) is 0 Å². The van der Waals surface area contributed by atoms with Crippen LogP contribution in [0.3, 0.4) is 0 Å². The highest BCUT2D eigenvalue weighted by molar-refractivity contribution is 6.02. The molecule has 0 saturated heterocycles. The van der Waals surface area contributed by atoms with E-state index in [1.165, 1.54) is 12.1 Å². The number of carboxylic acids is 1. The van der Waals surface area contributed by atoms with Crippen LogP contribution in [-0.4, -0.2) is 29.8 Å².